The van der Waals surface area contributed by atoms with Crippen LogP contribution >= 0.6 is 12.4 Å². The van der Waals surface area contributed by atoms with E-state index in [1.807, 2.05) is 0 Å². The molecule has 114 valence electrons. The van der Waals surface area contributed by atoms with Crippen molar-refractivity contribution in [1.82, 2.24) is 25.6 Å². The Hall–Kier alpha value is -1.99. The number of halogens is 2. The Morgan fingerprint density at radius 1 is 1.38 bits per heavy atom. The van der Waals surface area contributed by atoms with Gasteiger partial charge in [-0.2, -0.15) is 0 Å². The van der Waals surface area contributed by atoms with Crippen LogP contribution in [0, 0.1) is 5.82 Å². The molecule has 8 heteroatoms. The number of likely N-dealkylation sites (N-methyl/N-ethyl adjacent to an activating group) is 1. The molecule has 1 heterocycles. The maximum Gasteiger partial charge on any atom is 0.273 e. The van der Waals surface area contributed by atoms with Crippen molar-refractivity contribution in [2.24, 2.45) is 0 Å². The molecular formula is C13H17ClFN5O. The Balaban J connectivity index is 0.00000220. The minimum atomic E-state index is -0.298. The highest BCUT2D eigenvalue weighted by Gasteiger charge is 2.10. The zero-order valence-corrected chi connectivity index (χ0v) is 12.4. The molecule has 0 unspecified atom stereocenters. The molecule has 0 aliphatic rings. The quantitative estimate of drug-likeness (QED) is 0.775. The minimum Gasteiger partial charge on any atom is -0.349 e. The van der Waals surface area contributed by atoms with Gasteiger partial charge >= 0.3 is 0 Å². The average Bonchev–Trinajstić information content (AvgIpc) is 2.87. The van der Waals surface area contributed by atoms with E-state index in [2.05, 4.69) is 20.9 Å². The van der Waals surface area contributed by atoms with Gasteiger partial charge in [0.25, 0.3) is 5.91 Å². The van der Waals surface area contributed by atoms with Crippen molar-refractivity contribution in [2.75, 3.05) is 20.1 Å². The summed E-state index contributed by atoms with van der Waals surface area (Å²) in [5.74, 6) is -0.571. The fourth-order valence-corrected chi connectivity index (χ4v) is 1.69. The number of amides is 1. The topological polar surface area (TPSA) is 71.8 Å². The first-order valence-corrected chi connectivity index (χ1v) is 6.26. The second-order valence-electron chi connectivity index (χ2n) is 4.29. The van der Waals surface area contributed by atoms with Gasteiger partial charge in [0, 0.05) is 13.1 Å². The van der Waals surface area contributed by atoms with Crippen LogP contribution in [0.3, 0.4) is 0 Å². The summed E-state index contributed by atoms with van der Waals surface area (Å²) in [5.41, 5.74) is 1.01. The molecule has 0 aliphatic carbocycles. The fourth-order valence-electron chi connectivity index (χ4n) is 1.69. The molecule has 6 nitrogen and oxygen atoms in total. The first-order valence-electron chi connectivity index (χ1n) is 6.26. The van der Waals surface area contributed by atoms with Crippen LogP contribution in [0.15, 0.2) is 30.5 Å². The number of carbonyl (C=O) groups is 1. The number of carbonyl (C=O) groups excluding carboxylic acids is 1. The Kier molecular flexibility index (Phi) is 6.77. The lowest BCUT2D eigenvalue weighted by atomic mass is 10.2. The van der Waals surface area contributed by atoms with Gasteiger partial charge in [-0.05, 0) is 24.7 Å². The molecule has 21 heavy (non-hydrogen) atoms. The standard InChI is InChI=1S/C13H16FN5O.ClH/c1-15-5-6-16-13(20)12-9-19(18-17-12)8-10-3-2-4-11(14)7-10;/h2-4,7,9,15H,5-6,8H2,1H3,(H,16,20);1H. The summed E-state index contributed by atoms with van der Waals surface area (Å²) in [7, 11) is 1.81. The molecule has 0 radical (unpaired) electrons. The average molecular weight is 314 g/mol. The molecule has 0 saturated carbocycles. The minimum absolute atomic E-state index is 0. The Labute approximate surface area is 128 Å². The number of rotatable bonds is 6. The third-order valence-electron chi connectivity index (χ3n) is 2.67. The second kappa shape index (κ2) is 8.33. The van der Waals surface area contributed by atoms with E-state index in [4.69, 9.17) is 0 Å². The summed E-state index contributed by atoms with van der Waals surface area (Å²) in [6.45, 7) is 1.57. The van der Waals surface area contributed by atoms with Gasteiger partial charge in [-0.25, -0.2) is 9.07 Å². The van der Waals surface area contributed by atoms with Gasteiger partial charge in [0.1, 0.15) is 5.82 Å². The highest BCUT2D eigenvalue weighted by atomic mass is 35.5. The van der Waals surface area contributed by atoms with Crippen LogP contribution in [0.5, 0.6) is 0 Å². The van der Waals surface area contributed by atoms with Crippen molar-refractivity contribution >= 4 is 18.3 Å². The number of nitrogens with one attached hydrogen (secondary N) is 2. The molecule has 0 saturated heterocycles. The summed E-state index contributed by atoms with van der Waals surface area (Å²) < 4.78 is 14.6. The lowest BCUT2D eigenvalue weighted by Gasteiger charge is -2.01. The van der Waals surface area contributed by atoms with Gasteiger partial charge in [-0.3, -0.25) is 4.79 Å². The van der Waals surface area contributed by atoms with Crippen molar-refractivity contribution < 1.29 is 9.18 Å². The number of benzene rings is 1. The molecule has 0 bridgehead atoms. The highest BCUT2D eigenvalue weighted by Crippen LogP contribution is 2.05. The van der Waals surface area contributed by atoms with Crippen molar-refractivity contribution in [1.29, 1.82) is 0 Å². The molecule has 1 aromatic carbocycles. The summed E-state index contributed by atoms with van der Waals surface area (Å²) in [4.78, 5) is 11.7. The molecule has 0 fully saturated rings. The highest BCUT2D eigenvalue weighted by molar-refractivity contribution is 5.91. The first-order chi connectivity index (χ1) is 9.69. The molecular weight excluding hydrogens is 297 g/mol. The summed E-state index contributed by atoms with van der Waals surface area (Å²) >= 11 is 0. The Morgan fingerprint density at radius 3 is 2.90 bits per heavy atom. The molecule has 0 aliphatic heterocycles. The van der Waals surface area contributed by atoms with Crippen LogP contribution in [0.1, 0.15) is 16.1 Å². The van der Waals surface area contributed by atoms with Crippen molar-refractivity contribution in [3.05, 3.63) is 47.5 Å². The van der Waals surface area contributed by atoms with E-state index in [1.54, 1.807) is 25.4 Å². The van der Waals surface area contributed by atoms with E-state index in [0.29, 0.717) is 19.6 Å². The third-order valence-corrected chi connectivity index (χ3v) is 2.67. The van der Waals surface area contributed by atoms with Gasteiger partial charge in [-0.15, -0.1) is 17.5 Å². The second-order valence-corrected chi connectivity index (χ2v) is 4.29. The molecule has 0 atom stereocenters. The first kappa shape index (κ1) is 17.1. The molecule has 2 rings (SSSR count). The number of aromatic nitrogens is 3. The van der Waals surface area contributed by atoms with E-state index in [9.17, 15) is 9.18 Å². The summed E-state index contributed by atoms with van der Waals surface area (Å²) in [6.07, 6.45) is 1.54. The summed E-state index contributed by atoms with van der Waals surface area (Å²) in [5, 5.41) is 13.3. The maximum atomic E-state index is 13.1. The van der Waals surface area contributed by atoms with E-state index in [-0.39, 0.29) is 29.8 Å². The van der Waals surface area contributed by atoms with Gasteiger partial charge in [0.05, 0.1) is 12.7 Å². The lowest BCUT2D eigenvalue weighted by Crippen LogP contribution is -2.30. The predicted molar refractivity (Wildman–Crippen MR) is 79.0 cm³/mol. The largest absolute Gasteiger partial charge is 0.349 e. The smallest absolute Gasteiger partial charge is 0.273 e. The van der Waals surface area contributed by atoms with Crippen LogP contribution in [0.2, 0.25) is 0 Å². The van der Waals surface area contributed by atoms with Crippen molar-refractivity contribution in [3.63, 3.8) is 0 Å². The molecule has 1 amide bonds. The maximum absolute atomic E-state index is 13.1. The number of hydrogen-bond donors (Lipinski definition) is 2. The monoisotopic (exact) mass is 313 g/mol. The SMILES string of the molecule is CNCCNC(=O)c1cn(Cc2cccc(F)c2)nn1.Cl. The molecule has 1 aromatic heterocycles. The van der Waals surface area contributed by atoms with Crippen LogP contribution in [-0.4, -0.2) is 41.0 Å². The van der Waals surface area contributed by atoms with Crippen molar-refractivity contribution in [2.45, 2.75) is 6.54 Å². The van der Waals surface area contributed by atoms with Gasteiger partial charge in [-0.1, -0.05) is 17.3 Å². The lowest BCUT2D eigenvalue weighted by molar-refractivity contribution is 0.0949. The zero-order chi connectivity index (χ0) is 14.4. The van der Waals surface area contributed by atoms with E-state index in [0.717, 1.165) is 5.56 Å². The molecule has 0 spiro atoms. The van der Waals surface area contributed by atoms with Crippen LogP contribution in [0.25, 0.3) is 0 Å². The van der Waals surface area contributed by atoms with Crippen molar-refractivity contribution in [3.8, 4) is 0 Å². The predicted octanol–water partition coefficient (Wildman–Crippen LogP) is 0.836. The van der Waals surface area contributed by atoms with E-state index in [1.165, 1.54) is 16.8 Å². The fraction of sp³-hybridized carbons (Fsp3) is 0.308. The summed E-state index contributed by atoms with van der Waals surface area (Å²) in [6, 6.07) is 6.23. The van der Waals surface area contributed by atoms with Crippen LogP contribution < -0.4 is 10.6 Å². The van der Waals surface area contributed by atoms with Crippen LogP contribution in [0.4, 0.5) is 4.39 Å². The van der Waals surface area contributed by atoms with Gasteiger partial charge in [0.2, 0.25) is 0 Å². The third kappa shape index (κ3) is 5.13. The van der Waals surface area contributed by atoms with E-state index >= 15 is 0 Å². The zero-order valence-electron chi connectivity index (χ0n) is 11.5. The Morgan fingerprint density at radius 2 is 2.19 bits per heavy atom. The van der Waals surface area contributed by atoms with Gasteiger partial charge in [0.15, 0.2) is 5.69 Å². The van der Waals surface area contributed by atoms with Crippen LogP contribution in [-0.2, 0) is 6.54 Å². The van der Waals surface area contributed by atoms with Gasteiger partial charge < -0.3 is 10.6 Å². The Bertz CT molecular complexity index is 589. The molecule has 2 N–H and O–H groups in total. The number of hydrogen-bond acceptors (Lipinski definition) is 4. The normalized spacial score (nSPS) is 10.0. The molecule has 2 aromatic rings. The number of nitrogens with zero attached hydrogens (tertiary/aromatic N) is 3. The van der Waals surface area contributed by atoms with E-state index < -0.39 is 0 Å².